The smallest absolute Gasteiger partial charge is 0.319 e. The third-order valence-electron chi connectivity index (χ3n) is 4.15. The van der Waals surface area contributed by atoms with Gasteiger partial charge in [-0.1, -0.05) is 0 Å². The Morgan fingerprint density at radius 3 is 2.74 bits per heavy atom. The largest absolute Gasteiger partial charge is 0.480 e. The van der Waals surface area contributed by atoms with Crippen molar-refractivity contribution in [3.63, 3.8) is 0 Å². The SMILES string of the molecule is O=C(O)C1(C(=O)N2CCCC(n3cccn3)C2)CC1. The predicted molar refractivity (Wildman–Crippen MR) is 66.4 cm³/mol. The Bertz CT molecular complexity index is 493. The van der Waals surface area contributed by atoms with Gasteiger partial charge < -0.3 is 10.0 Å². The Hall–Kier alpha value is -1.85. The summed E-state index contributed by atoms with van der Waals surface area (Å²) >= 11 is 0. The van der Waals surface area contributed by atoms with E-state index in [0.29, 0.717) is 25.9 Å². The molecule has 1 N–H and O–H groups in total. The van der Waals surface area contributed by atoms with Crippen molar-refractivity contribution >= 4 is 11.9 Å². The van der Waals surface area contributed by atoms with Gasteiger partial charge in [-0.25, -0.2) is 0 Å². The number of piperidine rings is 1. The number of hydrogen-bond donors (Lipinski definition) is 1. The minimum Gasteiger partial charge on any atom is -0.480 e. The van der Waals surface area contributed by atoms with Crippen LogP contribution in [0.15, 0.2) is 18.5 Å². The molecule has 1 saturated carbocycles. The first-order valence-electron chi connectivity index (χ1n) is 6.65. The van der Waals surface area contributed by atoms with Crippen molar-refractivity contribution in [2.75, 3.05) is 13.1 Å². The summed E-state index contributed by atoms with van der Waals surface area (Å²) in [7, 11) is 0. The van der Waals surface area contributed by atoms with Gasteiger partial charge in [0, 0.05) is 25.5 Å². The molecule has 2 aliphatic rings. The second-order valence-electron chi connectivity index (χ2n) is 5.42. The molecule has 1 aliphatic heterocycles. The number of carboxylic acid groups (broad SMARTS) is 1. The van der Waals surface area contributed by atoms with Gasteiger partial charge in [-0.3, -0.25) is 14.3 Å². The van der Waals surface area contributed by atoms with Crippen LogP contribution in [-0.4, -0.2) is 44.8 Å². The van der Waals surface area contributed by atoms with Crippen LogP contribution in [0, 0.1) is 5.41 Å². The van der Waals surface area contributed by atoms with Crippen molar-refractivity contribution in [2.24, 2.45) is 5.41 Å². The zero-order chi connectivity index (χ0) is 13.5. The number of amides is 1. The van der Waals surface area contributed by atoms with Crippen LogP contribution in [-0.2, 0) is 9.59 Å². The van der Waals surface area contributed by atoms with E-state index in [1.54, 1.807) is 11.1 Å². The number of nitrogens with zero attached hydrogens (tertiary/aromatic N) is 3. The first kappa shape index (κ1) is 12.2. The molecule has 1 aliphatic carbocycles. The monoisotopic (exact) mass is 263 g/mol. The number of carbonyl (C=O) groups is 2. The maximum absolute atomic E-state index is 12.4. The average molecular weight is 263 g/mol. The number of carboxylic acids is 1. The highest BCUT2D eigenvalue weighted by atomic mass is 16.4. The summed E-state index contributed by atoms with van der Waals surface area (Å²) in [6.45, 7) is 1.22. The molecule has 6 heteroatoms. The Morgan fingerprint density at radius 2 is 2.16 bits per heavy atom. The molecule has 1 atom stereocenters. The van der Waals surface area contributed by atoms with E-state index in [0.717, 1.165) is 12.8 Å². The summed E-state index contributed by atoms with van der Waals surface area (Å²) in [5.74, 6) is -1.18. The average Bonchev–Trinajstić information content (AvgIpc) is 3.06. The van der Waals surface area contributed by atoms with Crippen LogP contribution in [0.25, 0.3) is 0 Å². The first-order chi connectivity index (χ1) is 9.13. The van der Waals surface area contributed by atoms with E-state index in [1.165, 1.54) is 0 Å². The number of aromatic nitrogens is 2. The summed E-state index contributed by atoms with van der Waals surface area (Å²) < 4.78 is 1.86. The fourth-order valence-corrected chi connectivity index (χ4v) is 2.80. The van der Waals surface area contributed by atoms with E-state index < -0.39 is 11.4 Å². The van der Waals surface area contributed by atoms with Crippen molar-refractivity contribution in [1.29, 1.82) is 0 Å². The zero-order valence-electron chi connectivity index (χ0n) is 10.7. The van der Waals surface area contributed by atoms with E-state index in [1.807, 2.05) is 16.9 Å². The summed E-state index contributed by atoms with van der Waals surface area (Å²) in [5.41, 5.74) is -1.12. The maximum atomic E-state index is 12.4. The summed E-state index contributed by atoms with van der Waals surface area (Å²) in [6.07, 6.45) is 6.44. The van der Waals surface area contributed by atoms with E-state index in [-0.39, 0.29) is 11.9 Å². The predicted octanol–water partition coefficient (Wildman–Crippen LogP) is 0.911. The molecule has 6 nitrogen and oxygen atoms in total. The molecule has 2 heterocycles. The van der Waals surface area contributed by atoms with Crippen molar-refractivity contribution in [2.45, 2.75) is 31.7 Å². The van der Waals surface area contributed by atoms with Gasteiger partial charge in [-0.15, -0.1) is 0 Å². The van der Waals surface area contributed by atoms with Crippen LogP contribution in [0.1, 0.15) is 31.7 Å². The molecule has 1 aromatic rings. The van der Waals surface area contributed by atoms with E-state index >= 15 is 0 Å². The molecule has 3 rings (SSSR count). The molecule has 2 fully saturated rings. The standard InChI is InChI=1S/C13H17N3O3/c17-11(13(4-5-13)12(18)19)15-7-1-3-10(9-15)16-8-2-6-14-16/h2,6,8,10H,1,3-5,7,9H2,(H,18,19). The van der Waals surface area contributed by atoms with Gasteiger partial charge in [0.2, 0.25) is 5.91 Å². The maximum Gasteiger partial charge on any atom is 0.319 e. The molecule has 1 saturated heterocycles. The summed E-state index contributed by atoms with van der Waals surface area (Å²) in [4.78, 5) is 25.3. The fourth-order valence-electron chi connectivity index (χ4n) is 2.80. The van der Waals surface area contributed by atoms with Crippen LogP contribution in [0.4, 0.5) is 0 Å². The molecule has 1 amide bonds. The molecule has 0 spiro atoms. The van der Waals surface area contributed by atoms with Gasteiger partial charge in [0.15, 0.2) is 0 Å². The van der Waals surface area contributed by atoms with Gasteiger partial charge in [0.25, 0.3) is 0 Å². The quantitative estimate of drug-likeness (QED) is 0.822. The van der Waals surface area contributed by atoms with Crippen molar-refractivity contribution in [3.8, 4) is 0 Å². The second kappa shape index (κ2) is 4.36. The summed E-state index contributed by atoms with van der Waals surface area (Å²) in [5, 5.41) is 13.4. The van der Waals surface area contributed by atoms with Gasteiger partial charge in [-0.2, -0.15) is 5.10 Å². The molecule has 0 radical (unpaired) electrons. The van der Waals surface area contributed by atoms with Crippen LogP contribution in [0.5, 0.6) is 0 Å². The fraction of sp³-hybridized carbons (Fsp3) is 0.615. The lowest BCUT2D eigenvalue weighted by Gasteiger charge is -2.34. The minimum absolute atomic E-state index is 0.164. The lowest BCUT2D eigenvalue weighted by atomic mass is 10.0. The highest BCUT2D eigenvalue weighted by Gasteiger charge is 2.58. The topological polar surface area (TPSA) is 75.4 Å². The van der Waals surface area contributed by atoms with Crippen LogP contribution in [0.3, 0.4) is 0 Å². The number of hydrogen-bond acceptors (Lipinski definition) is 3. The van der Waals surface area contributed by atoms with Gasteiger partial charge in [0.1, 0.15) is 5.41 Å². The molecule has 0 bridgehead atoms. The molecule has 1 aromatic heterocycles. The Morgan fingerprint density at radius 1 is 1.37 bits per heavy atom. The van der Waals surface area contributed by atoms with Crippen LogP contribution in [0.2, 0.25) is 0 Å². The number of carbonyl (C=O) groups excluding carboxylic acids is 1. The highest BCUT2D eigenvalue weighted by molar-refractivity contribution is 6.04. The van der Waals surface area contributed by atoms with Crippen molar-refractivity contribution in [3.05, 3.63) is 18.5 Å². The minimum atomic E-state index is -1.12. The van der Waals surface area contributed by atoms with E-state index in [4.69, 9.17) is 0 Å². The third-order valence-corrected chi connectivity index (χ3v) is 4.15. The first-order valence-corrected chi connectivity index (χ1v) is 6.65. The zero-order valence-corrected chi connectivity index (χ0v) is 10.7. The van der Waals surface area contributed by atoms with Gasteiger partial charge in [0.05, 0.1) is 6.04 Å². The molecule has 0 aromatic carbocycles. The highest BCUT2D eigenvalue weighted by Crippen LogP contribution is 2.48. The molecule has 1 unspecified atom stereocenters. The molecular weight excluding hydrogens is 246 g/mol. The molecular formula is C13H17N3O3. The van der Waals surface area contributed by atoms with Crippen molar-refractivity contribution < 1.29 is 14.7 Å². The molecule has 102 valence electrons. The third kappa shape index (κ3) is 2.01. The molecule has 19 heavy (non-hydrogen) atoms. The van der Waals surface area contributed by atoms with Crippen LogP contribution < -0.4 is 0 Å². The van der Waals surface area contributed by atoms with Crippen molar-refractivity contribution in [1.82, 2.24) is 14.7 Å². The lowest BCUT2D eigenvalue weighted by Crippen LogP contribution is -2.46. The lowest BCUT2D eigenvalue weighted by molar-refractivity contribution is -0.154. The Kier molecular flexibility index (Phi) is 2.80. The van der Waals surface area contributed by atoms with E-state index in [9.17, 15) is 14.7 Å². The normalized spacial score (nSPS) is 25.1. The Labute approximate surface area is 111 Å². The number of aliphatic carboxylic acids is 1. The van der Waals surface area contributed by atoms with Gasteiger partial charge >= 0.3 is 5.97 Å². The van der Waals surface area contributed by atoms with E-state index in [2.05, 4.69) is 5.10 Å². The summed E-state index contributed by atoms with van der Waals surface area (Å²) in [6, 6.07) is 2.03. The second-order valence-corrected chi connectivity index (χ2v) is 5.42. The number of rotatable bonds is 3. The Balaban J connectivity index is 1.72. The number of likely N-dealkylation sites (tertiary alicyclic amines) is 1. The van der Waals surface area contributed by atoms with Crippen LogP contribution >= 0.6 is 0 Å². The van der Waals surface area contributed by atoms with Gasteiger partial charge in [-0.05, 0) is 31.7 Å².